The van der Waals surface area contributed by atoms with Crippen LogP contribution in [0.25, 0.3) is 20.8 Å². The largest absolute Gasteiger partial charge is 0.476 e. The summed E-state index contributed by atoms with van der Waals surface area (Å²) in [5.41, 5.74) is 1.93. The molecule has 3 rings (SSSR count). The van der Waals surface area contributed by atoms with Crippen molar-refractivity contribution in [2.75, 3.05) is 0 Å². The summed E-state index contributed by atoms with van der Waals surface area (Å²) in [5, 5.41) is 12.1. The molecule has 6 heteroatoms. The van der Waals surface area contributed by atoms with Gasteiger partial charge in [0.1, 0.15) is 5.01 Å². The molecule has 18 heavy (non-hydrogen) atoms. The summed E-state index contributed by atoms with van der Waals surface area (Å²) in [7, 11) is 0. The lowest BCUT2D eigenvalue weighted by atomic mass is 10.2. The molecule has 3 aromatic rings. The zero-order valence-corrected chi connectivity index (χ0v) is 11.0. The Bertz CT molecular complexity index is 745. The number of hydrogen-bond donors (Lipinski definition) is 1. The van der Waals surface area contributed by atoms with Crippen LogP contribution >= 0.6 is 22.7 Å². The Kier molecular flexibility index (Phi) is 2.61. The van der Waals surface area contributed by atoms with Crippen molar-refractivity contribution >= 4 is 38.9 Å². The van der Waals surface area contributed by atoms with Gasteiger partial charge in [0.05, 0.1) is 15.2 Å². The van der Waals surface area contributed by atoms with E-state index >= 15 is 0 Å². The van der Waals surface area contributed by atoms with Gasteiger partial charge in [-0.3, -0.25) is 0 Å². The number of aryl methyl sites for hydroxylation is 1. The molecule has 0 fully saturated rings. The van der Waals surface area contributed by atoms with Crippen molar-refractivity contribution in [2.45, 2.75) is 6.92 Å². The van der Waals surface area contributed by atoms with E-state index in [1.54, 1.807) is 16.7 Å². The SMILES string of the molecule is Cc1nc2cc(-c3nc(C(=O)O)cs3)ccc2s1. The van der Waals surface area contributed by atoms with Crippen LogP contribution in [0.5, 0.6) is 0 Å². The number of rotatable bonds is 2. The first-order chi connectivity index (χ1) is 8.63. The minimum Gasteiger partial charge on any atom is -0.476 e. The molecular weight excluding hydrogens is 268 g/mol. The van der Waals surface area contributed by atoms with Crippen molar-refractivity contribution < 1.29 is 9.90 Å². The van der Waals surface area contributed by atoms with Gasteiger partial charge in [-0.2, -0.15) is 0 Å². The molecule has 0 saturated heterocycles. The molecule has 0 unspecified atom stereocenters. The second-order valence-corrected chi connectivity index (χ2v) is 5.85. The van der Waals surface area contributed by atoms with Crippen molar-refractivity contribution in [2.24, 2.45) is 0 Å². The average Bonchev–Trinajstić information content (AvgIpc) is 2.91. The van der Waals surface area contributed by atoms with Gasteiger partial charge in [0.15, 0.2) is 5.69 Å². The second kappa shape index (κ2) is 4.15. The monoisotopic (exact) mass is 276 g/mol. The standard InChI is InChI=1S/C12H8N2O2S2/c1-6-13-8-4-7(2-3-10(8)18-6)11-14-9(5-17-11)12(15)16/h2-5H,1H3,(H,15,16). The lowest BCUT2D eigenvalue weighted by molar-refractivity contribution is 0.0691. The first-order valence-corrected chi connectivity index (χ1v) is 6.89. The highest BCUT2D eigenvalue weighted by Crippen LogP contribution is 2.29. The van der Waals surface area contributed by atoms with Gasteiger partial charge in [-0.1, -0.05) is 6.07 Å². The molecule has 0 spiro atoms. The summed E-state index contributed by atoms with van der Waals surface area (Å²) in [4.78, 5) is 19.3. The molecule has 0 aliphatic carbocycles. The molecule has 0 atom stereocenters. The van der Waals surface area contributed by atoms with Crippen molar-refractivity contribution in [1.82, 2.24) is 9.97 Å². The minimum atomic E-state index is -0.997. The number of nitrogens with zero attached hydrogens (tertiary/aromatic N) is 2. The number of aromatic nitrogens is 2. The van der Waals surface area contributed by atoms with E-state index in [0.29, 0.717) is 5.01 Å². The van der Waals surface area contributed by atoms with E-state index in [9.17, 15) is 4.79 Å². The summed E-state index contributed by atoms with van der Waals surface area (Å²) in [6, 6.07) is 5.89. The number of carboxylic acid groups (broad SMARTS) is 1. The molecule has 4 nitrogen and oxygen atoms in total. The summed E-state index contributed by atoms with van der Waals surface area (Å²) >= 11 is 2.97. The van der Waals surface area contributed by atoms with E-state index in [2.05, 4.69) is 9.97 Å². The Morgan fingerprint density at radius 2 is 2.17 bits per heavy atom. The van der Waals surface area contributed by atoms with Crippen LogP contribution in [0, 0.1) is 6.92 Å². The summed E-state index contributed by atoms with van der Waals surface area (Å²) in [6.45, 7) is 1.97. The molecule has 0 radical (unpaired) electrons. The lowest BCUT2D eigenvalue weighted by Gasteiger charge is -1.95. The van der Waals surface area contributed by atoms with Gasteiger partial charge >= 0.3 is 5.97 Å². The number of benzene rings is 1. The predicted octanol–water partition coefficient (Wildman–Crippen LogP) is 3.43. The molecule has 0 amide bonds. The number of fused-ring (bicyclic) bond motifs is 1. The Labute approximate surface area is 111 Å². The molecular formula is C12H8N2O2S2. The molecule has 2 heterocycles. The number of carbonyl (C=O) groups is 1. The number of hydrogen-bond acceptors (Lipinski definition) is 5. The van der Waals surface area contributed by atoms with Crippen LogP contribution in [0.15, 0.2) is 23.6 Å². The van der Waals surface area contributed by atoms with Crippen LogP contribution in [0.1, 0.15) is 15.5 Å². The van der Waals surface area contributed by atoms with Gasteiger partial charge in [-0.15, -0.1) is 22.7 Å². The molecule has 0 aliphatic rings. The maximum absolute atomic E-state index is 10.8. The highest BCUT2D eigenvalue weighted by molar-refractivity contribution is 7.18. The van der Waals surface area contributed by atoms with Crippen LogP contribution in [0.2, 0.25) is 0 Å². The topological polar surface area (TPSA) is 63.1 Å². The van der Waals surface area contributed by atoms with E-state index in [1.807, 2.05) is 25.1 Å². The van der Waals surface area contributed by atoms with E-state index in [1.165, 1.54) is 11.3 Å². The highest BCUT2D eigenvalue weighted by atomic mass is 32.1. The van der Waals surface area contributed by atoms with Gasteiger partial charge in [0.25, 0.3) is 0 Å². The normalized spacial score (nSPS) is 10.9. The van der Waals surface area contributed by atoms with Crippen LogP contribution < -0.4 is 0 Å². The van der Waals surface area contributed by atoms with E-state index in [4.69, 9.17) is 5.11 Å². The van der Waals surface area contributed by atoms with Crippen LogP contribution in [-0.4, -0.2) is 21.0 Å². The van der Waals surface area contributed by atoms with Gasteiger partial charge in [0.2, 0.25) is 0 Å². The Hall–Kier alpha value is -1.79. The van der Waals surface area contributed by atoms with Crippen molar-refractivity contribution in [3.8, 4) is 10.6 Å². The molecule has 0 saturated carbocycles. The molecule has 0 aliphatic heterocycles. The molecule has 90 valence electrons. The van der Waals surface area contributed by atoms with E-state index in [0.717, 1.165) is 20.8 Å². The Balaban J connectivity index is 2.09. The van der Waals surface area contributed by atoms with E-state index < -0.39 is 5.97 Å². The third kappa shape index (κ3) is 1.89. The lowest BCUT2D eigenvalue weighted by Crippen LogP contribution is -1.95. The maximum atomic E-state index is 10.8. The fraction of sp³-hybridized carbons (Fsp3) is 0.0833. The first kappa shape index (κ1) is 11.3. The smallest absolute Gasteiger partial charge is 0.355 e. The third-order valence-corrected chi connectivity index (χ3v) is 4.31. The number of thiazole rings is 2. The predicted molar refractivity (Wildman–Crippen MR) is 72.4 cm³/mol. The summed E-state index contributed by atoms with van der Waals surface area (Å²) in [5.74, 6) is -0.997. The fourth-order valence-electron chi connectivity index (χ4n) is 1.68. The van der Waals surface area contributed by atoms with Crippen molar-refractivity contribution in [1.29, 1.82) is 0 Å². The number of carboxylic acids is 1. The quantitative estimate of drug-likeness (QED) is 0.779. The average molecular weight is 276 g/mol. The zero-order valence-electron chi connectivity index (χ0n) is 9.38. The van der Waals surface area contributed by atoms with Gasteiger partial charge in [0, 0.05) is 10.9 Å². The second-order valence-electron chi connectivity index (χ2n) is 3.76. The van der Waals surface area contributed by atoms with Crippen molar-refractivity contribution in [3.05, 3.63) is 34.3 Å². The maximum Gasteiger partial charge on any atom is 0.355 e. The fourth-order valence-corrected chi connectivity index (χ4v) is 3.28. The Morgan fingerprint density at radius 1 is 1.33 bits per heavy atom. The first-order valence-electron chi connectivity index (χ1n) is 5.20. The highest BCUT2D eigenvalue weighted by Gasteiger charge is 2.11. The summed E-state index contributed by atoms with van der Waals surface area (Å²) in [6.07, 6.45) is 0. The third-order valence-electron chi connectivity index (χ3n) is 2.46. The molecule has 0 bridgehead atoms. The minimum absolute atomic E-state index is 0.0876. The van der Waals surface area contributed by atoms with Gasteiger partial charge in [-0.05, 0) is 19.1 Å². The number of aromatic carboxylic acids is 1. The van der Waals surface area contributed by atoms with Crippen molar-refractivity contribution in [3.63, 3.8) is 0 Å². The van der Waals surface area contributed by atoms with Crippen LogP contribution in [0.4, 0.5) is 0 Å². The summed E-state index contributed by atoms with van der Waals surface area (Å²) < 4.78 is 1.13. The molecule has 1 aromatic carbocycles. The van der Waals surface area contributed by atoms with Gasteiger partial charge in [-0.25, -0.2) is 14.8 Å². The van der Waals surface area contributed by atoms with Crippen LogP contribution in [0.3, 0.4) is 0 Å². The molecule has 2 aromatic heterocycles. The van der Waals surface area contributed by atoms with Gasteiger partial charge < -0.3 is 5.11 Å². The molecule has 1 N–H and O–H groups in total. The van der Waals surface area contributed by atoms with E-state index in [-0.39, 0.29) is 5.69 Å². The Morgan fingerprint density at radius 3 is 2.89 bits per heavy atom. The zero-order chi connectivity index (χ0) is 12.7. The van der Waals surface area contributed by atoms with Crippen LogP contribution in [-0.2, 0) is 0 Å².